The molecule has 0 saturated carbocycles. The van der Waals surface area contributed by atoms with E-state index in [1.165, 1.54) is 0 Å². The summed E-state index contributed by atoms with van der Waals surface area (Å²) < 4.78 is 5.69. The third-order valence-electron chi connectivity index (χ3n) is 3.67. The maximum absolute atomic E-state index is 5.94. The maximum atomic E-state index is 5.94. The first kappa shape index (κ1) is 12.5. The zero-order valence-corrected chi connectivity index (χ0v) is 12.0. The summed E-state index contributed by atoms with van der Waals surface area (Å²) in [5, 5.41) is 6.15. The van der Waals surface area contributed by atoms with Crippen molar-refractivity contribution in [2.24, 2.45) is 4.99 Å². The summed E-state index contributed by atoms with van der Waals surface area (Å²) in [4.78, 5) is 4.42. The van der Waals surface area contributed by atoms with E-state index in [1.54, 1.807) is 6.26 Å². The molecule has 104 valence electrons. The lowest BCUT2D eigenvalue weighted by atomic mass is 10.0. The Morgan fingerprint density at radius 2 is 1.86 bits per heavy atom. The molecule has 1 aromatic heterocycles. The molecule has 21 heavy (non-hydrogen) atoms. The molecule has 4 rings (SSSR count). The van der Waals surface area contributed by atoms with Crippen molar-refractivity contribution in [3.8, 4) is 11.1 Å². The van der Waals surface area contributed by atoms with Gasteiger partial charge in [0.1, 0.15) is 0 Å². The molecule has 0 spiro atoms. The predicted molar refractivity (Wildman–Crippen MR) is 86.1 cm³/mol. The fourth-order valence-corrected chi connectivity index (χ4v) is 2.73. The molecule has 0 unspecified atom stereocenters. The van der Waals surface area contributed by atoms with Crippen LogP contribution in [-0.2, 0) is 0 Å². The number of benzene rings is 2. The summed E-state index contributed by atoms with van der Waals surface area (Å²) in [5.41, 5.74) is 2.29. The predicted octanol–water partition coefficient (Wildman–Crippen LogP) is 4.10. The lowest BCUT2D eigenvalue weighted by Crippen LogP contribution is -2.18. The van der Waals surface area contributed by atoms with E-state index in [1.807, 2.05) is 24.3 Å². The highest BCUT2D eigenvalue weighted by atomic mass is 35.5. The van der Waals surface area contributed by atoms with Gasteiger partial charge in [-0.25, -0.2) is 0 Å². The van der Waals surface area contributed by atoms with Gasteiger partial charge in [0.15, 0.2) is 11.6 Å². The van der Waals surface area contributed by atoms with Crippen LogP contribution in [0.3, 0.4) is 0 Å². The minimum atomic E-state index is 0.746. The highest BCUT2D eigenvalue weighted by Crippen LogP contribution is 2.28. The van der Waals surface area contributed by atoms with Gasteiger partial charge in [-0.15, -0.1) is 0 Å². The molecule has 2 heterocycles. The second-order valence-corrected chi connectivity index (χ2v) is 5.47. The van der Waals surface area contributed by atoms with E-state index in [-0.39, 0.29) is 0 Å². The van der Waals surface area contributed by atoms with Crippen molar-refractivity contribution in [3.63, 3.8) is 0 Å². The van der Waals surface area contributed by atoms with Crippen LogP contribution in [0.4, 0.5) is 0 Å². The zero-order chi connectivity index (χ0) is 14.2. The van der Waals surface area contributed by atoms with Gasteiger partial charge in [-0.1, -0.05) is 29.8 Å². The maximum Gasteiger partial charge on any atom is 0.176 e. The summed E-state index contributed by atoms with van der Waals surface area (Å²) in [6, 6.07) is 14.2. The van der Waals surface area contributed by atoms with Crippen molar-refractivity contribution in [2.75, 3.05) is 13.1 Å². The number of nitrogens with one attached hydrogen (secondary N) is 1. The van der Waals surface area contributed by atoms with E-state index in [4.69, 9.17) is 16.0 Å². The third kappa shape index (κ3) is 2.20. The van der Waals surface area contributed by atoms with Gasteiger partial charge < -0.3 is 9.73 Å². The van der Waals surface area contributed by atoms with Gasteiger partial charge in [0.2, 0.25) is 0 Å². The van der Waals surface area contributed by atoms with Crippen molar-refractivity contribution in [1.29, 1.82) is 0 Å². The largest absolute Gasteiger partial charge is 0.460 e. The van der Waals surface area contributed by atoms with Gasteiger partial charge in [-0.3, -0.25) is 4.99 Å². The second kappa shape index (κ2) is 4.93. The molecular formula is C17H13ClN2O. The molecule has 4 heteroatoms. The smallest absolute Gasteiger partial charge is 0.176 e. The number of hydrogen-bond acceptors (Lipinski definition) is 3. The Balaban J connectivity index is 1.79. The Bertz CT molecular complexity index is 834. The highest BCUT2D eigenvalue weighted by Gasteiger charge is 2.15. The van der Waals surface area contributed by atoms with Crippen molar-refractivity contribution in [2.45, 2.75) is 0 Å². The summed E-state index contributed by atoms with van der Waals surface area (Å²) >= 11 is 5.94. The molecule has 0 fully saturated rings. The molecule has 0 radical (unpaired) electrons. The number of aliphatic imine (C=N–C) groups is 1. The van der Waals surface area contributed by atoms with Gasteiger partial charge in [-0.2, -0.15) is 0 Å². The molecule has 1 N–H and O–H groups in total. The van der Waals surface area contributed by atoms with Crippen LogP contribution >= 0.6 is 11.6 Å². The molecule has 0 amide bonds. The number of fused-ring (bicyclic) bond motifs is 1. The highest BCUT2D eigenvalue weighted by molar-refractivity contribution is 6.30. The van der Waals surface area contributed by atoms with Crippen LogP contribution in [0.15, 0.2) is 58.1 Å². The van der Waals surface area contributed by atoms with Crippen LogP contribution in [0.5, 0.6) is 0 Å². The Kier molecular flexibility index (Phi) is 2.93. The lowest BCUT2D eigenvalue weighted by Gasteiger charge is -2.03. The second-order valence-electron chi connectivity index (χ2n) is 5.03. The van der Waals surface area contributed by atoms with Crippen molar-refractivity contribution in [1.82, 2.24) is 5.32 Å². The fraction of sp³-hybridized carbons (Fsp3) is 0.118. The lowest BCUT2D eigenvalue weighted by molar-refractivity contribution is 0.560. The van der Waals surface area contributed by atoms with Crippen LogP contribution in [0.25, 0.3) is 21.9 Å². The molecule has 2 aromatic carbocycles. The molecule has 0 saturated heterocycles. The number of nitrogens with zero attached hydrogens (tertiary/aromatic N) is 1. The van der Waals surface area contributed by atoms with E-state index in [9.17, 15) is 0 Å². The third-order valence-corrected chi connectivity index (χ3v) is 3.92. The molecule has 1 aliphatic rings. The Hall–Kier alpha value is -2.26. The van der Waals surface area contributed by atoms with Crippen LogP contribution < -0.4 is 5.32 Å². The van der Waals surface area contributed by atoms with Gasteiger partial charge in [0, 0.05) is 22.3 Å². The first-order valence-corrected chi connectivity index (χ1v) is 7.25. The van der Waals surface area contributed by atoms with Gasteiger partial charge in [0.25, 0.3) is 0 Å². The minimum absolute atomic E-state index is 0.746. The van der Waals surface area contributed by atoms with Crippen molar-refractivity contribution in [3.05, 3.63) is 59.5 Å². The quantitative estimate of drug-likeness (QED) is 0.773. The molecular weight excluding hydrogens is 284 g/mol. The monoisotopic (exact) mass is 296 g/mol. The summed E-state index contributed by atoms with van der Waals surface area (Å²) in [5.74, 6) is 1.68. The van der Waals surface area contributed by atoms with E-state index < -0.39 is 0 Å². The fourth-order valence-electron chi connectivity index (χ4n) is 2.61. The van der Waals surface area contributed by atoms with Crippen LogP contribution in [0.2, 0.25) is 5.02 Å². The number of halogens is 1. The molecule has 1 aliphatic heterocycles. The Morgan fingerprint density at radius 1 is 1.05 bits per heavy atom. The standard InChI is InChI=1S/C17H13ClN2O/c18-14-4-1-11(2-5-14)12-3-6-15-13(9-12)10-21-16(15)17-19-7-8-20-17/h1-6,9-10H,7-8H2,(H,19,20). The van der Waals surface area contributed by atoms with Crippen LogP contribution in [0.1, 0.15) is 5.76 Å². The first-order valence-electron chi connectivity index (χ1n) is 6.87. The Morgan fingerprint density at radius 3 is 2.62 bits per heavy atom. The zero-order valence-electron chi connectivity index (χ0n) is 11.3. The summed E-state index contributed by atoms with van der Waals surface area (Å²) in [6.07, 6.45) is 1.78. The normalized spacial score (nSPS) is 14.2. The average molecular weight is 297 g/mol. The molecule has 3 nitrogen and oxygen atoms in total. The summed E-state index contributed by atoms with van der Waals surface area (Å²) in [7, 11) is 0. The van der Waals surface area contributed by atoms with Crippen molar-refractivity contribution < 1.29 is 4.42 Å². The van der Waals surface area contributed by atoms with E-state index >= 15 is 0 Å². The van der Waals surface area contributed by atoms with E-state index in [0.29, 0.717) is 0 Å². The van der Waals surface area contributed by atoms with E-state index in [0.717, 1.165) is 51.6 Å². The minimum Gasteiger partial charge on any atom is -0.460 e. The first-order chi connectivity index (χ1) is 10.3. The number of hydrogen-bond donors (Lipinski definition) is 1. The van der Waals surface area contributed by atoms with E-state index in [2.05, 4.69) is 28.5 Å². The number of amidine groups is 1. The topological polar surface area (TPSA) is 37.5 Å². The summed E-state index contributed by atoms with van der Waals surface area (Å²) in [6.45, 7) is 1.68. The van der Waals surface area contributed by atoms with Crippen LogP contribution in [0, 0.1) is 0 Å². The Labute approximate surface area is 127 Å². The number of rotatable bonds is 2. The molecule has 0 atom stereocenters. The van der Waals surface area contributed by atoms with Crippen LogP contribution in [-0.4, -0.2) is 18.9 Å². The van der Waals surface area contributed by atoms with Gasteiger partial charge in [-0.05, 0) is 35.4 Å². The molecule has 3 aromatic rings. The van der Waals surface area contributed by atoms with Crippen molar-refractivity contribution >= 4 is 28.2 Å². The van der Waals surface area contributed by atoms with Gasteiger partial charge in [0.05, 0.1) is 12.8 Å². The average Bonchev–Trinajstić information content (AvgIpc) is 3.16. The van der Waals surface area contributed by atoms with Gasteiger partial charge >= 0.3 is 0 Å². The molecule has 0 bridgehead atoms. The SMILES string of the molecule is Clc1ccc(-c2ccc3c(C4=NCCN4)occ3c2)cc1. The number of furan rings is 1. The molecule has 0 aliphatic carbocycles.